The highest BCUT2D eigenvalue weighted by Gasteiger charge is 2.27. The lowest BCUT2D eigenvalue weighted by atomic mass is 9.92. The van der Waals surface area contributed by atoms with Crippen molar-refractivity contribution in [3.63, 3.8) is 0 Å². The fourth-order valence-electron chi connectivity index (χ4n) is 22.4. The Labute approximate surface area is 829 Å². The van der Waals surface area contributed by atoms with E-state index in [2.05, 4.69) is 397 Å². The second kappa shape index (κ2) is 33.3. The van der Waals surface area contributed by atoms with Crippen LogP contribution in [0.5, 0.6) is 0 Å². The van der Waals surface area contributed by atoms with Gasteiger partial charge in [0.05, 0.1) is 99.3 Å². The maximum Gasteiger partial charge on any atom is 0.310 e. The molecule has 0 bridgehead atoms. The molecule has 684 valence electrons. The third-order valence-corrected chi connectivity index (χ3v) is 28.8. The Morgan fingerprint density at radius 1 is 0.172 bits per heavy atom. The molecule has 0 N–H and O–H groups in total. The topological polar surface area (TPSA) is 149 Å². The zero-order valence-corrected chi connectivity index (χ0v) is 75.9. The molecule has 0 saturated heterocycles. The average Bonchev–Trinajstić information content (AvgIpc) is 1.60. The summed E-state index contributed by atoms with van der Waals surface area (Å²) in [6, 6.07) is 157. The molecule has 12 aromatic heterocycles. The summed E-state index contributed by atoms with van der Waals surface area (Å²) in [6.07, 6.45) is 3.71. The lowest BCUT2D eigenvalue weighted by Gasteiger charge is -2.12. The summed E-state index contributed by atoms with van der Waals surface area (Å²) in [5.41, 5.74) is 30.3. The SMILES string of the molecule is C.C.C.c1ccc(-c2ccc(-c3ccc4c(c3)n3c5ccccc5nc3n4-c3nc4ccccc4o3)cc2)cc1.c1ccc(-n2c3ccccc3c3cc(-c4ccc5c(c4)n4c6ccccc6nc4n5-c4ccc5c6ccccc6c6cccnc6c5n4)ccc32)cc1.c1ccc2c(c1)nc1n(-c3ccc4c5ccccc5c5cccnc5c4n3)c3ccc(-c4ccc5c6ccccc6c6ccccc6c5c4)cc3n21. The number of fused-ring (bicyclic) bond motifs is 37. The summed E-state index contributed by atoms with van der Waals surface area (Å²) >= 11 is 0. The zero-order chi connectivity index (χ0) is 92.9. The van der Waals surface area contributed by atoms with Crippen LogP contribution in [0.4, 0.5) is 0 Å². The fourth-order valence-corrected chi connectivity index (χ4v) is 22.4. The van der Waals surface area contributed by atoms with Crippen molar-refractivity contribution in [1.29, 1.82) is 0 Å². The largest absolute Gasteiger partial charge is 0.423 e. The first kappa shape index (κ1) is 84.7. The van der Waals surface area contributed by atoms with Crippen molar-refractivity contribution in [2.75, 3.05) is 0 Å². The van der Waals surface area contributed by atoms with Crippen LogP contribution in [0.3, 0.4) is 0 Å². The summed E-state index contributed by atoms with van der Waals surface area (Å²) in [7, 11) is 0. The molecular formula is C129H87N15O. The van der Waals surface area contributed by atoms with E-state index in [4.69, 9.17) is 44.3 Å². The minimum atomic E-state index is 0. The molecule has 16 heteroatoms. The van der Waals surface area contributed by atoms with E-state index in [0.29, 0.717) is 6.01 Å². The number of hydrogen-bond acceptors (Lipinski definition) is 9. The number of hydrogen-bond donors (Lipinski definition) is 0. The number of oxazole rings is 1. The first-order chi connectivity index (χ1) is 70.4. The van der Waals surface area contributed by atoms with Crippen molar-refractivity contribution < 1.29 is 4.42 Å². The van der Waals surface area contributed by atoms with Gasteiger partial charge in [-0.1, -0.05) is 307 Å². The molecule has 0 amide bonds. The van der Waals surface area contributed by atoms with Crippen molar-refractivity contribution in [2.45, 2.75) is 22.3 Å². The van der Waals surface area contributed by atoms with Crippen LogP contribution < -0.4 is 0 Å². The molecule has 32 aromatic rings. The predicted molar refractivity (Wildman–Crippen MR) is 601 cm³/mol. The van der Waals surface area contributed by atoms with Crippen molar-refractivity contribution >= 4 is 214 Å². The molecule has 32 rings (SSSR count). The summed E-state index contributed by atoms with van der Waals surface area (Å²) in [5, 5.41) is 19.2. The molecule has 20 aromatic carbocycles. The highest BCUT2D eigenvalue weighted by molar-refractivity contribution is 6.27. The number of aromatic nitrogens is 15. The van der Waals surface area contributed by atoms with Gasteiger partial charge in [0.25, 0.3) is 0 Å². The molecule has 0 saturated carbocycles. The number of nitrogens with zero attached hydrogens (tertiary/aromatic N) is 15. The van der Waals surface area contributed by atoms with Crippen LogP contribution >= 0.6 is 0 Å². The standard InChI is InChI=1S/C47H28N6.C47H27N5.C32H20N4O.3CH4/c1-2-11-31(12-3-1)51-39-18-8-6-15-34(39)37-27-29(20-23-40(37)51)30-21-24-42-43(28-30)52-41-19-9-7-17-38(41)49-47(52)53(42)44-25-22-36-33-14-5-4-13-32(33)35-16-10-26-48-45(35)46(36)50-44;1-2-12-32-30(10-1)31-11-3-6-15-35(31)39-26-28(19-21-36(32)39)29-20-23-42-43(27-29)51-41-18-8-7-17-40(41)49-47(51)52(42)44-24-22-38-34-14-5-4-13-33(34)37-16-9-25-48-45(37)46(38)50-44;1-2-8-21(9-3-1)22-14-16-23(17-15-22)24-18-19-28-29(20-24)35-27-12-6-4-10-25(27)33-31(35)36(28)32-34-26-11-5-7-13-30(26)37-32;;;/h1-28H;1-27H;1-20H;3*1H4. The summed E-state index contributed by atoms with van der Waals surface area (Å²) < 4.78 is 21.7. The Morgan fingerprint density at radius 3 is 0.959 bits per heavy atom. The van der Waals surface area contributed by atoms with Gasteiger partial charge in [0.1, 0.15) is 17.2 Å². The molecule has 0 radical (unpaired) electrons. The van der Waals surface area contributed by atoms with Crippen LogP contribution in [0.15, 0.2) is 460 Å². The molecule has 0 spiro atoms. The van der Waals surface area contributed by atoms with Gasteiger partial charge in [-0.2, -0.15) is 4.98 Å². The first-order valence-corrected chi connectivity index (χ1v) is 47.8. The molecule has 0 atom stereocenters. The Kier molecular flexibility index (Phi) is 19.5. The maximum absolute atomic E-state index is 6.19. The number of para-hydroxylation sites is 10. The van der Waals surface area contributed by atoms with Gasteiger partial charge in [-0.25, -0.2) is 29.5 Å². The van der Waals surface area contributed by atoms with Crippen LogP contribution in [0.25, 0.3) is 282 Å². The highest BCUT2D eigenvalue weighted by Crippen LogP contribution is 2.45. The molecule has 0 unspecified atom stereocenters. The molecule has 0 fully saturated rings. The van der Waals surface area contributed by atoms with Crippen LogP contribution in [-0.2, 0) is 0 Å². The predicted octanol–water partition coefficient (Wildman–Crippen LogP) is 33.1. The lowest BCUT2D eigenvalue weighted by molar-refractivity contribution is 0.572. The quantitative estimate of drug-likeness (QED) is 0.136. The zero-order valence-electron chi connectivity index (χ0n) is 75.9. The molecular weight excluding hydrogens is 1780 g/mol. The molecule has 0 aliphatic heterocycles. The van der Waals surface area contributed by atoms with E-state index in [9.17, 15) is 0 Å². The lowest BCUT2D eigenvalue weighted by Crippen LogP contribution is -1.99. The molecule has 16 nitrogen and oxygen atoms in total. The third kappa shape index (κ3) is 13.0. The van der Waals surface area contributed by atoms with Crippen molar-refractivity contribution in [3.8, 4) is 67.8 Å². The monoisotopic (exact) mass is 1860 g/mol. The summed E-state index contributed by atoms with van der Waals surface area (Å²) in [4.78, 5) is 40.6. The van der Waals surface area contributed by atoms with Gasteiger partial charge in [0, 0.05) is 50.4 Å². The van der Waals surface area contributed by atoms with E-state index in [0.717, 1.165) is 183 Å². The third-order valence-electron chi connectivity index (χ3n) is 28.8. The van der Waals surface area contributed by atoms with E-state index in [-0.39, 0.29) is 22.3 Å². The van der Waals surface area contributed by atoms with Gasteiger partial charge in [-0.05, 0) is 256 Å². The van der Waals surface area contributed by atoms with Gasteiger partial charge in [0.15, 0.2) is 5.58 Å². The Balaban J connectivity index is 0.000000109. The molecule has 145 heavy (non-hydrogen) atoms. The minimum absolute atomic E-state index is 0. The second-order valence-corrected chi connectivity index (χ2v) is 36.5. The number of imidazole rings is 6. The average molecular weight is 1860 g/mol. The summed E-state index contributed by atoms with van der Waals surface area (Å²) in [6.45, 7) is 0. The van der Waals surface area contributed by atoms with Gasteiger partial charge in [-0.3, -0.25) is 32.3 Å². The van der Waals surface area contributed by atoms with E-state index in [1.54, 1.807) is 0 Å². The van der Waals surface area contributed by atoms with Gasteiger partial charge < -0.3 is 8.98 Å². The van der Waals surface area contributed by atoms with Crippen molar-refractivity contribution in [1.82, 2.24) is 71.3 Å². The Bertz CT molecular complexity index is 10800. The summed E-state index contributed by atoms with van der Waals surface area (Å²) in [5.74, 6) is 4.04. The number of benzene rings is 20. The fraction of sp³-hybridized carbons (Fsp3) is 0.0233. The van der Waals surface area contributed by atoms with E-state index < -0.39 is 0 Å². The van der Waals surface area contributed by atoms with E-state index in [1.807, 2.05) is 89.8 Å². The highest BCUT2D eigenvalue weighted by atomic mass is 16.4. The van der Waals surface area contributed by atoms with Gasteiger partial charge in [-0.15, -0.1) is 0 Å². The van der Waals surface area contributed by atoms with E-state index in [1.165, 1.54) is 92.4 Å². The normalized spacial score (nSPS) is 11.8. The van der Waals surface area contributed by atoms with Crippen LogP contribution in [0.1, 0.15) is 22.3 Å². The van der Waals surface area contributed by atoms with Crippen molar-refractivity contribution in [3.05, 3.63) is 455 Å². The van der Waals surface area contributed by atoms with Crippen molar-refractivity contribution in [2.24, 2.45) is 0 Å². The number of pyridine rings is 4. The van der Waals surface area contributed by atoms with Crippen LogP contribution in [0.2, 0.25) is 0 Å². The first-order valence-electron chi connectivity index (χ1n) is 47.8. The minimum Gasteiger partial charge on any atom is -0.423 e. The molecule has 0 aliphatic carbocycles. The van der Waals surface area contributed by atoms with E-state index >= 15 is 0 Å². The second-order valence-electron chi connectivity index (χ2n) is 36.5. The Morgan fingerprint density at radius 2 is 0.483 bits per heavy atom. The van der Waals surface area contributed by atoms with Gasteiger partial charge >= 0.3 is 6.01 Å². The van der Waals surface area contributed by atoms with Crippen LogP contribution in [-0.4, -0.2) is 71.3 Å². The molecule has 12 heterocycles. The van der Waals surface area contributed by atoms with Gasteiger partial charge in [0.2, 0.25) is 17.3 Å². The van der Waals surface area contributed by atoms with Crippen LogP contribution in [0, 0.1) is 0 Å². The molecule has 0 aliphatic rings. The number of rotatable bonds is 8. The maximum atomic E-state index is 6.19. The Hall–Kier alpha value is -19.6. The smallest absolute Gasteiger partial charge is 0.310 e.